The Kier molecular flexibility index (Phi) is 3.43. The second-order valence-electron chi connectivity index (χ2n) is 5.67. The van der Waals surface area contributed by atoms with Crippen molar-refractivity contribution < 1.29 is 22.5 Å². The summed E-state index contributed by atoms with van der Waals surface area (Å²) in [5.41, 5.74) is -1.35. The van der Waals surface area contributed by atoms with E-state index in [4.69, 9.17) is 9.31 Å². The monoisotopic (exact) mass is 272 g/mol. The van der Waals surface area contributed by atoms with Gasteiger partial charge < -0.3 is 9.31 Å². The van der Waals surface area contributed by atoms with Gasteiger partial charge in [-0.2, -0.15) is 0 Å². The molecular formula is C13H16BF3O2. The predicted octanol–water partition coefficient (Wildman–Crippen LogP) is 3.06. The molecule has 0 unspecified atom stereocenters. The van der Waals surface area contributed by atoms with Crippen LogP contribution in [0.3, 0.4) is 0 Å². The quantitative estimate of drug-likeness (QED) is 0.770. The van der Waals surface area contributed by atoms with Gasteiger partial charge in [0.1, 0.15) is 5.82 Å². The molecule has 2 rings (SSSR count). The fourth-order valence-corrected chi connectivity index (χ4v) is 1.86. The summed E-state index contributed by atoms with van der Waals surface area (Å²) in [6, 6.07) is 3.52. The first kappa shape index (κ1) is 14.4. The maximum atomic E-state index is 13.2. The minimum Gasteiger partial charge on any atom is -0.399 e. The Hall–Kier alpha value is -1.01. The highest BCUT2D eigenvalue weighted by atomic mass is 19.3. The molecule has 0 bridgehead atoms. The first-order chi connectivity index (χ1) is 8.64. The standard InChI is InChI=1S/C13H16BF3O2/c1-12(2)13(3,4)19-14(18-12)8-5-6-10(15)9(7-8)11(16)17/h5-7,11H,1-4H3. The molecule has 0 N–H and O–H groups in total. The van der Waals surface area contributed by atoms with Crippen molar-refractivity contribution in [1.29, 1.82) is 0 Å². The van der Waals surface area contributed by atoms with Crippen LogP contribution < -0.4 is 5.46 Å². The average Bonchev–Trinajstić information content (AvgIpc) is 2.48. The number of benzene rings is 1. The molecule has 1 heterocycles. The highest BCUT2D eigenvalue weighted by Crippen LogP contribution is 2.36. The lowest BCUT2D eigenvalue weighted by Crippen LogP contribution is -2.41. The van der Waals surface area contributed by atoms with Crippen LogP contribution in [-0.2, 0) is 9.31 Å². The second kappa shape index (κ2) is 4.53. The molecule has 6 heteroatoms. The van der Waals surface area contributed by atoms with Crippen LogP contribution in [0.25, 0.3) is 0 Å². The Bertz CT molecular complexity index is 473. The third kappa shape index (κ3) is 2.51. The highest BCUT2D eigenvalue weighted by molar-refractivity contribution is 6.62. The normalized spacial score (nSPS) is 21.2. The molecule has 0 spiro atoms. The van der Waals surface area contributed by atoms with E-state index in [0.717, 1.165) is 12.1 Å². The molecular weight excluding hydrogens is 256 g/mol. The van der Waals surface area contributed by atoms with Crippen molar-refractivity contribution in [2.24, 2.45) is 0 Å². The maximum Gasteiger partial charge on any atom is 0.494 e. The van der Waals surface area contributed by atoms with E-state index in [-0.39, 0.29) is 0 Å². The Morgan fingerprint density at radius 2 is 1.58 bits per heavy atom. The molecule has 0 atom stereocenters. The van der Waals surface area contributed by atoms with Crippen LogP contribution >= 0.6 is 0 Å². The molecule has 1 aromatic carbocycles. The van der Waals surface area contributed by atoms with Crippen molar-refractivity contribution in [3.63, 3.8) is 0 Å². The van der Waals surface area contributed by atoms with Crippen LogP contribution in [0.1, 0.15) is 39.7 Å². The van der Waals surface area contributed by atoms with Gasteiger partial charge in [-0.1, -0.05) is 12.1 Å². The van der Waals surface area contributed by atoms with Gasteiger partial charge in [0.25, 0.3) is 6.43 Å². The van der Waals surface area contributed by atoms with E-state index in [1.165, 1.54) is 6.07 Å². The zero-order valence-corrected chi connectivity index (χ0v) is 11.3. The van der Waals surface area contributed by atoms with Crippen molar-refractivity contribution >= 4 is 12.6 Å². The molecule has 1 fully saturated rings. The number of hydrogen-bond acceptors (Lipinski definition) is 2. The van der Waals surface area contributed by atoms with Crippen molar-refractivity contribution in [2.75, 3.05) is 0 Å². The van der Waals surface area contributed by atoms with Crippen LogP contribution in [-0.4, -0.2) is 18.3 Å². The van der Waals surface area contributed by atoms with Crippen LogP contribution in [0.5, 0.6) is 0 Å². The summed E-state index contributed by atoms with van der Waals surface area (Å²) in [5.74, 6) is -0.921. The first-order valence-corrected chi connectivity index (χ1v) is 6.07. The van der Waals surface area contributed by atoms with Crippen molar-refractivity contribution in [3.05, 3.63) is 29.6 Å². The molecule has 1 aliphatic heterocycles. The lowest BCUT2D eigenvalue weighted by atomic mass is 9.78. The minimum atomic E-state index is -2.86. The summed E-state index contributed by atoms with van der Waals surface area (Å²) in [6.07, 6.45) is -2.86. The lowest BCUT2D eigenvalue weighted by molar-refractivity contribution is 0.00578. The molecule has 2 nitrogen and oxygen atoms in total. The summed E-state index contributed by atoms with van der Waals surface area (Å²) in [5, 5.41) is 0. The molecule has 0 aromatic heterocycles. The third-order valence-corrected chi connectivity index (χ3v) is 3.78. The second-order valence-corrected chi connectivity index (χ2v) is 5.67. The van der Waals surface area contributed by atoms with Gasteiger partial charge in [-0.3, -0.25) is 0 Å². The summed E-state index contributed by atoms with van der Waals surface area (Å²) in [7, 11) is -0.761. The fourth-order valence-electron chi connectivity index (χ4n) is 1.86. The van der Waals surface area contributed by atoms with Crippen molar-refractivity contribution in [2.45, 2.75) is 45.3 Å². The van der Waals surface area contributed by atoms with Crippen molar-refractivity contribution in [1.82, 2.24) is 0 Å². The van der Waals surface area contributed by atoms with Crippen LogP contribution in [0.2, 0.25) is 0 Å². The van der Waals surface area contributed by atoms with Gasteiger partial charge in [-0.15, -0.1) is 0 Å². The van der Waals surface area contributed by atoms with Gasteiger partial charge in [0.05, 0.1) is 16.8 Å². The summed E-state index contributed by atoms with van der Waals surface area (Å²) >= 11 is 0. The summed E-state index contributed by atoms with van der Waals surface area (Å²) in [6.45, 7) is 7.46. The smallest absolute Gasteiger partial charge is 0.399 e. The van der Waals surface area contributed by atoms with Crippen molar-refractivity contribution in [3.8, 4) is 0 Å². The molecule has 1 aromatic rings. The molecule has 104 valence electrons. The van der Waals surface area contributed by atoms with Crippen LogP contribution in [0.15, 0.2) is 18.2 Å². The number of alkyl halides is 2. The molecule has 0 radical (unpaired) electrons. The van der Waals surface area contributed by atoms with E-state index in [0.29, 0.717) is 5.46 Å². The molecule has 0 amide bonds. The highest BCUT2D eigenvalue weighted by Gasteiger charge is 2.51. The Morgan fingerprint density at radius 3 is 2.05 bits per heavy atom. The molecule has 1 saturated heterocycles. The van der Waals surface area contributed by atoms with E-state index in [1.54, 1.807) is 0 Å². The van der Waals surface area contributed by atoms with E-state index in [2.05, 4.69) is 0 Å². The lowest BCUT2D eigenvalue weighted by Gasteiger charge is -2.32. The van der Waals surface area contributed by atoms with E-state index in [9.17, 15) is 13.2 Å². The minimum absolute atomic E-state index is 0.398. The molecule has 19 heavy (non-hydrogen) atoms. The van der Waals surface area contributed by atoms with Gasteiger partial charge in [-0.25, -0.2) is 13.2 Å². The first-order valence-electron chi connectivity index (χ1n) is 6.07. The van der Waals surface area contributed by atoms with Crippen LogP contribution in [0.4, 0.5) is 13.2 Å². The topological polar surface area (TPSA) is 18.5 Å². The van der Waals surface area contributed by atoms with E-state index < -0.39 is 36.1 Å². The Labute approximate surface area is 111 Å². The molecule has 0 aliphatic carbocycles. The van der Waals surface area contributed by atoms with Gasteiger partial charge in [0.2, 0.25) is 0 Å². The fraction of sp³-hybridized carbons (Fsp3) is 0.538. The third-order valence-electron chi connectivity index (χ3n) is 3.78. The van der Waals surface area contributed by atoms with Gasteiger partial charge in [-0.05, 0) is 39.2 Å². The summed E-state index contributed by atoms with van der Waals surface area (Å²) < 4.78 is 50.1. The van der Waals surface area contributed by atoms with E-state index >= 15 is 0 Å². The van der Waals surface area contributed by atoms with E-state index in [1.807, 2.05) is 27.7 Å². The average molecular weight is 272 g/mol. The largest absolute Gasteiger partial charge is 0.494 e. The summed E-state index contributed by atoms with van der Waals surface area (Å²) in [4.78, 5) is 0. The van der Waals surface area contributed by atoms with Gasteiger partial charge in [0.15, 0.2) is 0 Å². The molecule has 1 aliphatic rings. The zero-order valence-electron chi connectivity index (χ0n) is 11.3. The Morgan fingerprint density at radius 1 is 1.05 bits per heavy atom. The zero-order chi connectivity index (χ0) is 14.4. The maximum absolute atomic E-state index is 13.2. The number of halogens is 3. The SMILES string of the molecule is CC1(C)OB(c2ccc(F)c(C(F)F)c2)OC1(C)C. The molecule has 0 saturated carbocycles. The Balaban J connectivity index is 2.32. The van der Waals surface area contributed by atoms with Crippen LogP contribution in [0, 0.1) is 5.82 Å². The number of rotatable bonds is 2. The predicted molar refractivity (Wildman–Crippen MR) is 67.1 cm³/mol. The number of hydrogen-bond donors (Lipinski definition) is 0. The van der Waals surface area contributed by atoms with Gasteiger partial charge in [0, 0.05) is 0 Å². The van der Waals surface area contributed by atoms with Gasteiger partial charge >= 0.3 is 7.12 Å².